The number of anilines is 1. The van der Waals surface area contributed by atoms with Crippen molar-refractivity contribution in [3.05, 3.63) is 54.1 Å². The predicted molar refractivity (Wildman–Crippen MR) is 90.0 cm³/mol. The van der Waals surface area contributed by atoms with E-state index >= 15 is 0 Å². The molecular weight excluding hydrogens is 306 g/mol. The normalized spacial score (nSPS) is 11.9. The van der Waals surface area contributed by atoms with Crippen LogP contribution in [0.4, 0.5) is 10.5 Å². The van der Waals surface area contributed by atoms with E-state index in [1.54, 1.807) is 17.1 Å². The topological polar surface area (TPSA) is 101 Å². The zero-order valence-electron chi connectivity index (χ0n) is 13.5. The van der Waals surface area contributed by atoms with E-state index in [0.717, 1.165) is 17.1 Å². The van der Waals surface area contributed by atoms with Crippen molar-refractivity contribution in [1.29, 1.82) is 0 Å². The van der Waals surface area contributed by atoms with Crippen molar-refractivity contribution >= 4 is 11.7 Å². The Bertz CT molecular complexity index is 809. The molecule has 0 saturated heterocycles. The van der Waals surface area contributed by atoms with Crippen molar-refractivity contribution < 1.29 is 4.79 Å². The molecule has 8 nitrogen and oxygen atoms in total. The maximum Gasteiger partial charge on any atom is 0.319 e. The summed E-state index contributed by atoms with van der Waals surface area (Å²) in [5.74, 6) is 0. The fourth-order valence-electron chi connectivity index (χ4n) is 2.41. The molecule has 124 valence electrons. The van der Waals surface area contributed by atoms with Crippen LogP contribution in [0.3, 0.4) is 0 Å². The molecule has 0 aliphatic rings. The highest BCUT2D eigenvalue weighted by Gasteiger charge is 2.10. The third-order valence-corrected chi connectivity index (χ3v) is 3.44. The SMILES string of the molecule is Cc1cc(C[C@H](C)NC(=O)Nc2cccc(-n3ccnn3)c2)n[nH]1. The summed E-state index contributed by atoms with van der Waals surface area (Å²) >= 11 is 0. The second kappa shape index (κ2) is 6.95. The quantitative estimate of drug-likeness (QED) is 0.668. The van der Waals surface area contributed by atoms with Crippen LogP contribution in [0.5, 0.6) is 0 Å². The number of amides is 2. The summed E-state index contributed by atoms with van der Waals surface area (Å²) in [6, 6.07) is 9.06. The summed E-state index contributed by atoms with van der Waals surface area (Å²) in [5.41, 5.74) is 3.44. The van der Waals surface area contributed by atoms with Crippen molar-refractivity contribution in [2.24, 2.45) is 0 Å². The second-order valence-electron chi connectivity index (χ2n) is 5.64. The Balaban J connectivity index is 1.57. The van der Waals surface area contributed by atoms with Crippen LogP contribution in [0.15, 0.2) is 42.7 Å². The van der Waals surface area contributed by atoms with Crippen molar-refractivity contribution in [2.45, 2.75) is 26.3 Å². The van der Waals surface area contributed by atoms with Gasteiger partial charge in [-0.25, -0.2) is 9.48 Å². The summed E-state index contributed by atoms with van der Waals surface area (Å²) in [6.45, 7) is 3.89. The number of aromatic amines is 1. The van der Waals surface area contributed by atoms with Crippen LogP contribution in [0.2, 0.25) is 0 Å². The maximum atomic E-state index is 12.1. The summed E-state index contributed by atoms with van der Waals surface area (Å²) in [4.78, 5) is 12.1. The summed E-state index contributed by atoms with van der Waals surface area (Å²) in [7, 11) is 0. The van der Waals surface area contributed by atoms with Crippen molar-refractivity contribution in [3.8, 4) is 5.69 Å². The van der Waals surface area contributed by atoms with Crippen LogP contribution in [-0.4, -0.2) is 37.3 Å². The number of hydrogen-bond donors (Lipinski definition) is 3. The molecule has 2 aromatic heterocycles. The molecule has 0 aliphatic heterocycles. The van der Waals surface area contributed by atoms with Gasteiger partial charge in [0.2, 0.25) is 0 Å². The van der Waals surface area contributed by atoms with Crippen LogP contribution in [0.1, 0.15) is 18.3 Å². The van der Waals surface area contributed by atoms with E-state index in [2.05, 4.69) is 31.1 Å². The molecule has 2 amide bonds. The lowest BCUT2D eigenvalue weighted by atomic mass is 10.2. The number of aryl methyl sites for hydroxylation is 1. The van der Waals surface area contributed by atoms with E-state index in [4.69, 9.17) is 0 Å². The minimum atomic E-state index is -0.259. The van der Waals surface area contributed by atoms with Gasteiger partial charge in [0, 0.05) is 23.8 Å². The minimum absolute atomic E-state index is 0.0359. The first-order chi connectivity index (χ1) is 11.6. The molecule has 3 N–H and O–H groups in total. The van der Waals surface area contributed by atoms with Gasteiger partial charge in [0.25, 0.3) is 0 Å². The lowest BCUT2D eigenvalue weighted by Crippen LogP contribution is -2.37. The Morgan fingerprint density at radius 2 is 2.25 bits per heavy atom. The van der Waals surface area contributed by atoms with Gasteiger partial charge in [-0.2, -0.15) is 5.10 Å². The smallest absolute Gasteiger partial charge is 0.319 e. The largest absolute Gasteiger partial charge is 0.335 e. The van der Waals surface area contributed by atoms with Crippen molar-refractivity contribution in [1.82, 2.24) is 30.5 Å². The van der Waals surface area contributed by atoms with E-state index < -0.39 is 0 Å². The average Bonchev–Trinajstić information content (AvgIpc) is 3.19. The van der Waals surface area contributed by atoms with E-state index in [1.165, 1.54) is 0 Å². The molecule has 24 heavy (non-hydrogen) atoms. The van der Waals surface area contributed by atoms with Crippen LogP contribution in [0, 0.1) is 6.92 Å². The monoisotopic (exact) mass is 325 g/mol. The molecule has 3 rings (SSSR count). The van der Waals surface area contributed by atoms with Gasteiger partial charge < -0.3 is 10.6 Å². The number of urea groups is 1. The minimum Gasteiger partial charge on any atom is -0.335 e. The Hall–Kier alpha value is -3.16. The van der Waals surface area contributed by atoms with E-state index in [1.807, 2.05) is 44.2 Å². The van der Waals surface area contributed by atoms with Crippen LogP contribution < -0.4 is 10.6 Å². The zero-order chi connectivity index (χ0) is 16.9. The second-order valence-corrected chi connectivity index (χ2v) is 5.64. The molecule has 1 aromatic carbocycles. The van der Waals surface area contributed by atoms with Crippen molar-refractivity contribution in [3.63, 3.8) is 0 Å². The fraction of sp³-hybridized carbons (Fsp3) is 0.250. The first-order valence-electron chi connectivity index (χ1n) is 7.65. The summed E-state index contributed by atoms with van der Waals surface area (Å²) in [6.07, 6.45) is 4.01. The molecule has 0 aliphatic carbocycles. The number of rotatable bonds is 5. The molecule has 0 bridgehead atoms. The maximum absolute atomic E-state index is 12.1. The highest BCUT2D eigenvalue weighted by molar-refractivity contribution is 5.89. The molecule has 0 radical (unpaired) electrons. The number of aromatic nitrogens is 5. The lowest BCUT2D eigenvalue weighted by Gasteiger charge is -2.14. The number of benzene rings is 1. The van der Waals surface area contributed by atoms with Gasteiger partial charge in [-0.15, -0.1) is 5.10 Å². The third kappa shape index (κ3) is 3.97. The molecule has 0 saturated carbocycles. The molecule has 0 spiro atoms. The van der Waals surface area contributed by atoms with E-state index in [0.29, 0.717) is 12.1 Å². The number of hydrogen-bond acceptors (Lipinski definition) is 4. The highest BCUT2D eigenvalue weighted by Crippen LogP contribution is 2.13. The molecule has 1 atom stereocenters. The van der Waals surface area contributed by atoms with Crippen molar-refractivity contribution in [2.75, 3.05) is 5.32 Å². The van der Waals surface area contributed by atoms with Crippen LogP contribution in [-0.2, 0) is 6.42 Å². The summed E-state index contributed by atoms with van der Waals surface area (Å²) in [5, 5.41) is 20.5. The number of carbonyl (C=O) groups excluding carboxylic acids is 1. The van der Waals surface area contributed by atoms with E-state index in [-0.39, 0.29) is 12.1 Å². The lowest BCUT2D eigenvalue weighted by molar-refractivity contribution is 0.249. The fourth-order valence-corrected chi connectivity index (χ4v) is 2.41. The van der Waals surface area contributed by atoms with Gasteiger partial charge >= 0.3 is 6.03 Å². The van der Waals surface area contributed by atoms with Gasteiger partial charge in [-0.1, -0.05) is 11.3 Å². The van der Waals surface area contributed by atoms with Gasteiger partial charge in [-0.3, -0.25) is 5.10 Å². The predicted octanol–water partition coefficient (Wildman–Crippen LogP) is 2.05. The number of carbonyl (C=O) groups is 1. The number of nitrogens with zero attached hydrogens (tertiary/aromatic N) is 4. The molecule has 3 aromatic rings. The van der Waals surface area contributed by atoms with Gasteiger partial charge in [0.1, 0.15) is 0 Å². The molecule has 0 fully saturated rings. The summed E-state index contributed by atoms with van der Waals surface area (Å²) < 4.78 is 1.63. The molecular formula is C16H19N7O. The molecule has 0 unspecified atom stereocenters. The number of H-pyrrole nitrogens is 1. The third-order valence-electron chi connectivity index (χ3n) is 3.44. The average molecular weight is 325 g/mol. The Morgan fingerprint density at radius 1 is 1.38 bits per heavy atom. The first-order valence-corrected chi connectivity index (χ1v) is 7.65. The van der Waals surface area contributed by atoms with Crippen LogP contribution in [0.25, 0.3) is 5.69 Å². The zero-order valence-corrected chi connectivity index (χ0v) is 13.5. The standard InChI is InChI=1S/C16H19N7O/c1-11(8-14-9-12(2)20-21-14)18-16(24)19-13-4-3-5-15(10-13)23-7-6-17-22-23/h3-7,9-11H,8H2,1-2H3,(H,20,21)(H2,18,19,24)/t11-/m0/s1. The highest BCUT2D eigenvalue weighted by atomic mass is 16.2. The van der Waals surface area contributed by atoms with Crippen LogP contribution >= 0.6 is 0 Å². The van der Waals surface area contributed by atoms with Gasteiger partial charge in [0.15, 0.2) is 0 Å². The molecule has 2 heterocycles. The Labute approximate surface area is 139 Å². The van der Waals surface area contributed by atoms with Gasteiger partial charge in [-0.05, 0) is 38.1 Å². The van der Waals surface area contributed by atoms with Gasteiger partial charge in [0.05, 0.1) is 23.8 Å². The Kier molecular flexibility index (Phi) is 4.55. The molecule has 8 heteroatoms. The number of nitrogens with one attached hydrogen (secondary N) is 3. The first kappa shape index (κ1) is 15.7. The Morgan fingerprint density at radius 3 is 2.96 bits per heavy atom. The van der Waals surface area contributed by atoms with E-state index in [9.17, 15) is 4.79 Å².